The second-order valence-electron chi connectivity index (χ2n) is 25.2. The average molecular weight is 1140 g/mol. The maximum atomic E-state index is 12.9. The summed E-state index contributed by atoms with van der Waals surface area (Å²) in [4.78, 5) is 38.0. The molecule has 0 N–H and O–H groups in total. The van der Waals surface area contributed by atoms with Crippen LogP contribution < -0.4 is 0 Å². The zero-order chi connectivity index (χ0) is 58.5. The van der Waals surface area contributed by atoms with Gasteiger partial charge < -0.3 is 14.2 Å². The van der Waals surface area contributed by atoms with E-state index in [9.17, 15) is 14.4 Å². The van der Waals surface area contributed by atoms with Gasteiger partial charge in [0, 0.05) is 19.3 Å². The Labute approximate surface area is 506 Å². The van der Waals surface area contributed by atoms with Crippen molar-refractivity contribution in [1.29, 1.82) is 0 Å². The van der Waals surface area contributed by atoms with Gasteiger partial charge in [0.1, 0.15) is 13.2 Å². The summed E-state index contributed by atoms with van der Waals surface area (Å²) in [5.41, 5.74) is 0. The molecule has 0 saturated carbocycles. The molecule has 0 radical (unpaired) electrons. The highest BCUT2D eigenvalue weighted by atomic mass is 16.6. The molecule has 0 amide bonds. The van der Waals surface area contributed by atoms with E-state index in [4.69, 9.17) is 14.2 Å². The van der Waals surface area contributed by atoms with Gasteiger partial charge >= 0.3 is 17.9 Å². The molecule has 0 saturated heterocycles. The van der Waals surface area contributed by atoms with Crippen LogP contribution in [0.3, 0.4) is 0 Å². The first-order valence-corrected chi connectivity index (χ1v) is 36.8. The zero-order valence-corrected chi connectivity index (χ0v) is 55.1. The van der Waals surface area contributed by atoms with Gasteiger partial charge in [-0.15, -0.1) is 0 Å². The number of allylic oxidation sites excluding steroid dienone is 4. The summed E-state index contributed by atoms with van der Waals surface area (Å²) >= 11 is 0. The van der Waals surface area contributed by atoms with Crippen molar-refractivity contribution in [2.45, 2.75) is 425 Å². The quantitative estimate of drug-likeness (QED) is 0.0261. The number of esters is 3. The van der Waals surface area contributed by atoms with E-state index in [0.29, 0.717) is 19.3 Å². The monoisotopic (exact) mass is 1140 g/mol. The molecule has 1 atom stereocenters. The zero-order valence-electron chi connectivity index (χ0n) is 55.1. The van der Waals surface area contributed by atoms with Gasteiger partial charge in [0.25, 0.3) is 0 Å². The summed E-state index contributed by atoms with van der Waals surface area (Å²) in [5, 5.41) is 0. The fourth-order valence-corrected chi connectivity index (χ4v) is 11.4. The van der Waals surface area contributed by atoms with Crippen molar-refractivity contribution in [3.05, 3.63) is 24.3 Å². The smallest absolute Gasteiger partial charge is 0.306 e. The number of hydrogen-bond donors (Lipinski definition) is 0. The van der Waals surface area contributed by atoms with Crippen molar-refractivity contribution in [3.8, 4) is 0 Å². The molecule has 0 heterocycles. The topological polar surface area (TPSA) is 78.9 Å². The molecule has 0 bridgehead atoms. The Morgan fingerprint density at radius 1 is 0.247 bits per heavy atom. The summed E-state index contributed by atoms with van der Waals surface area (Å²) in [7, 11) is 0. The molecular formula is C75H142O6. The van der Waals surface area contributed by atoms with Gasteiger partial charge in [-0.2, -0.15) is 0 Å². The third kappa shape index (κ3) is 68.6. The molecule has 0 rings (SSSR count). The molecule has 0 aromatic heterocycles. The lowest BCUT2D eigenvalue weighted by Gasteiger charge is -2.18. The molecule has 0 fully saturated rings. The lowest BCUT2D eigenvalue weighted by Crippen LogP contribution is -2.30. The number of ether oxygens (including phenoxy) is 3. The highest BCUT2D eigenvalue weighted by molar-refractivity contribution is 5.71. The van der Waals surface area contributed by atoms with Crippen molar-refractivity contribution in [2.24, 2.45) is 0 Å². The van der Waals surface area contributed by atoms with Gasteiger partial charge in [0.2, 0.25) is 0 Å². The van der Waals surface area contributed by atoms with Crippen molar-refractivity contribution in [1.82, 2.24) is 0 Å². The number of carbonyl (C=O) groups excluding carboxylic acids is 3. The van der Waals surface area contributed by atoms with Gasteiger partial charge in [-0.1, -0.05) is 373 Å². The normalized spacial score (nSPS) is 12.1. The second kappa shape index (κ2) is 70.4. The molecular weight excluding hydrogens is 997 g/mol. The van der Waals surface area contributed by atoms with E-state index in [1.165, 1.54) is 308 Å². The molecule has 0 aliphatic heterocycles. The first-order valence-electron chi connectivity index (χ1n) is 36.8. The SMILES string of the molecule is CCCCCCC/C=C\C/C=C\CCCCCCCCCCCCCCCCCCCCCC(=O)OCC(COC(=O)CCCCCCC)OC(=O)CCCCCCCCCCCCCCCCCCCCCCCCCCCCC. The molecule has 0 aromatic rings. The van der Waals surface area contributed by atoms with E-state index in [1.54, 1.807) is 0 Å². The average Bonchev–Trinajstić information content (AvgIpc) is 3.47. The van der Waals surface area contributed by atoms with E-state index in [-0.39, 0.29) is 31.1 Å². The molecule has 1 unspecified atom stereocenters. The number of carbonyl (C=O) groups is 3. The van der Waals surface area contributed by atoms with Crippen LogP contribution in [-0.2, 0) is 28.6 Å². The number of hydrogen-bond acceptors (Lipinski definition) is 6. The van der Waals surface area contributed by atoms with Crippen LogP contribution >= 0.6 is 0 Å². The van der Waals surface area contributed by atoms with Crippen molar-refractivity contribution >= 4 is 17.9 Å². The summed E-state index contributed by atoms with van der Waals surface area (Å²) < 4.78 is 16.8. The predicted molar refractivity (Wildman–Crippen MR) is 353 cm³/mol. The van der Waals surface area contributed by atoms with Crippen LogP contribution in [-0.4, -0.2) is 37.2 Å². The Hall–Kier alpha value is -2.11. The molecule has 6 heteroatoms. The first-order chi connectivity index (χ1) is 40.0. The van der Waals surface area contributed by atoms with E-state index >= 15 is 0 Å². The fourth-order valence-electron chi connectivity index (χ4n) is 11.4. The number of rotatable bonds is 69. The standard InChI is InChI=1S/C75H142O6/c1-4-7-10-13-15-17-19-21-23-25-27-29-31-33-35-36-37-38-40-41-43-45-47-49-51-53-55-57-59-62-65-68-74(77)80-71-72(70-79-73(76)67-64-61-12-9-6-3)81-75(78)69-66-63-60-58-56-54-52-50-48-46-44-42-39-34-32-30-28-26-24-22-20-18-16-14-11-8-5-2/h19,21,25,27,72H,4-18,20,22-24,26,28-71H2,1-3H3/b21-19-,27-25-. The van der Waals surface area contributed by atoms with Crippen molar-refractivity contribution < 1.29 is 28.6 Å². The first kappa shape index (κ1) is 78.9. The minimum atomic E-state index is -0.764. The van der Waals surface area contributed by atoms with E-state index in [2.05, 4.69) is 45.1 Å². The minimum absolute atomic E-state index is 0.0648. The van der Waals surface area contributed by atoms with Crippen LogP contribution in [0.2, 0.25) is 0 Å². The summed E-state index contributed by atoms with van der Waals surface area (Å²) in [6.45, 7) is 6.63. The Balaban J connectivity index is 3.89. The van der Waals surface area contributed by atoms with E-state index in [1.807, 2.05) is 0 Å². The van der Waals surface area contributed by atoms with E-state index < -0.39 is 6.10 Å². The summed E-state index contributed by atoms with van der Waals surface area (Å²) in [6, 6.07) is 0. The largest absolute Gasteiger partial charge is 0.462 e. The Kier molecular flexibility index (Phi) is 68.5. The van der Waals surface area contributed by atoms with Gasteiger partial charge in [-0.3, -0.25) is 14.4 Å². The Bertz CT molecular complexity index is 1310. The fraction of sp³-hybridized carbons (Fsp3) is 0.907. The molecule has 0 aliphatic rings. The van der Waals surface area contributed by atoms with E-state index in [0.717, 1.165) is 70.6 Å². The molecule has 0 spiro atoms. The van der Waals surface area contributed by atoms with Crippen LogP contribution in [0.1, 0.15) is 419 Å². The molecule has 6 nitrogen and oxygen atoms in total. The molecule has 0 aliphatic carbocycles. The van der Waals surface area contributed by atoms with Gasteiger partial charge in [0.05, 0.1) is 0 Å². The molecule has 81 heavy (non-hydrogen) atoms. The maximum Gasteiger partial charge on any atom is 0.306 e. The Morgan fingerprint density at radius 3 is 0.679 bits per heavy atom. The minimum Gasteiger partial charge on any atom is -0.462 e. The highest BCUT2D eigenvalue weighted by Crippen LogP contribution is 2.19. The third-order valence-corrected chi connectivity index (χ3v) is 17.0. The van der Waals surface area contributed by atoms with Crippen LogP contribution in [0.25, 0.3) is 0 Å². The summed E-state index contributed by atoms with van der Waals surface area (Å²) in [5.74, 6) is -0.848. The Morgan fingerprint density at radius 2 is 0.444 bits per heavy atom. The van der Waals surface area contributed by atoms with Gasteiger partial charge in [0.15, 0.2) is 6.10 Å². The van der Waals surface area contributed by atoms with Crippen LogP contribution in [0.15, 0.2) is 24.3 Å². The van der Waals surface area contributed by atoms with Crippen LogP contribution in [0.4, 0.5) is 0 Å². The van der Waals surface area contributed by atoms with Crippen molar-refractivity contribution in [3.63, 3.8) is 0 Å². The molecule has 478 valence electrons. The van der Waals surface area contributed by atoms with Crippen LogP contribution in [0, 0.1) is 0 Å². The highest BCUT2D eigenvalue weighted by Gasteiger charge is 2.19. The van der Waals surface area contributed by atoms with Gasteiger partial charge in [-0.25, -0.2) is 0 Å². The predicted octanol–water partition coefficient (Wildman–Crippen LogP) is 25.3. The third-order valence-electron chi connectivity index (χ3n) is 17.0. The number of unbranched alkanes of at least 4 members (excludes halogenated alkanes) is 54. The van der Waals surface area contributed by atoms with Crippen LogP contribution in [0.5, 0.6) is 0 Å². The second-order valence-corrected chi connectivity index (χ2v) is 25.2. The maximum absolute atomic E-state index is 12.9. The molecule has 0 aromatic carbocycles. The van der Waals surface area contributed by atoms with Crippen molar-refractivity contribution in [2.75, 3.05) is 13.2 Å². The lowest BCUT2D eigenvalue weighted by molar-refractivity contribution is -0.167. The van der Waals surface area contributed by atoms with Gasteiger partial charge in [-0.05, 0) is 51.4 Å². The lowest BCUT2D eigenvalue weighted by atomic mass is 10.0. The summed E-state index contributed by atoms with van der Waals surface area (Å²) in [6.07, 6.45) is 87.2.